The minimum Gasteiger partial charge on any atom is -0.497 e. The summed E-state index contributed by atoms with van der Waals surface area (Å²) in [6, 6.07) is 3.66. The van der Waals surface area contributed by atoms with Gasteiger partial charge in [0.25, 0.3) is 0 Å². The molecule has 0 heterocycles. The van der Waals surface area contributed by atoms with E-state index in [-0.39, 0.29) is 24.2 Å². The first-order valence-electron chi connectivity index (χ1n) is 6.73. The fourth-order valence-corrected chi connectivity index (χ4v) is 1.80. The van der Waals surface area contributed by atoms with Crippen LogP contribution < -0.4 is 10.1 Å². The first-order valence-corrected chi connectivity index (χ1v) is 6.73. The molecule has 5 nitrogen and oxygen atoms in total. The van der Waals surface area contributed by atoms with Crippen molar-refractivity contribution >= 4 is 17.4 Å². The van der Waals surface area contributed by atoms with Gasteiger partial charge in [0.15, 0.2) is 6.04 Å². The number of nitrogens with one attached hydrogen (secondary N) is 1. The third-order valence-electron chi connectivity index (χ3n) is 2.89. The monoisotopic (exact) mass is 349 g/mol. The number of esters is 1. The molecule has 1 amide bonds. The van der Waals surface area contributed by atoms with E-state index in [0.29, 0.717) is 0 Å². The molecule has 0 spiro atoms. The van der Waals surface area contributed by atoms with Crippen molar-refractivity contribution in [2.45, 2.75) is 19.1 Å². The molecule has 0 bridgehead atoms. The zero-order valence-corrected chi connectivity index (χ0v) is 12.8. The summed E-state index contributed by atoms with van der Waals surface area (Å²) in [6.45, 7) is 1.26. The van der Waals surface area contributed by atoms with Gasteiger partial charge in [0.1, 0.15) is 5.75 Å². The zero-order valence-electron chi connectivity index (χ0n) is 12.8. The lowest BCUT2D eigenvalue weighted by atomic mass is 9.99. The van der Waals surface area contributed by atoms with E-state index in [9.17, 15) is 27.2 Å². The minimum absolute atomic E-state index is 0.0531. The Morgan fingerprint density at radius 3 is 2.50 bits per heavy atom. The van der Waals surface area contributed by atoms with Crippen LogP contribution in [0.3, 0.4) is 0 Å². The van der Waals surface area contributed by atoms with E-state index < -0.39 is 29.7 Å². The highest BCUT2D eigenvalue weighted by Crippen LogP contribution is 2.25. The molecule has 1 unspecified atom stereocenters. The van der Waals surface area contributed by atoms with Crippen LogP contribution in [-0.4, -0.2) is 37.8 Å². The summed E-state index contributed by atoms with van der Waals surface area (Å²) in [5, 5.41) is 1.44. The number of benzene rings is 1. The van der Waals surface area contributed by atoms with Crippen LogP contribution in [0.5, 0.6) is 5.75 Å². The lowest BCUT2D eigenvalue weighted by molar-refractivity contribution is -0.175. The van der Waals surface area contributed by atoms with E-state index in [2.05, 4.69) is 4.74 Å². The van der Waals surface area contributed by atoms with Gasteiger partial charge in [-0.05, 0) is 24.6 Å². The number of rotatable bonds is 6. The number of alkyl halides is 3. The normalized spacial score (nSPS) is 13.2. The Labute approximate surface area is 135 Å². The lowest BCUT2D eigenvalue weighted by Gasteiger charge is -2.20. The highest BCUT2D eigenvalue weighted by molar-refractivity contribution is 5.97. The first kappa shape index (κ1) is 19.5. The summed E-state index contributed by atoms with van der Waals surface area (Å²) in [6.07, 6.45) is -5.30. The van der Waals surface area contributed by atoms with Crippen molar-refractivity contribution in [1.82, 2.24) is 5.32 Å². The summed E-state index contributed by atoms with van der Waals surface area (Å²) in [4.78, 5) is 23.0. The number of halogens is 4. The quantitative estimate of drug-likeness (QED) is 0.633. The minimum atomic E-state index is -5.24. The molecule has 0 saturated heterocycles. The molecule has 9 heteroatoms. The molecule has 1 N–H and O–H groups in total. The maximum atomic E-state index is 13.3. The van der Waals surface area contributed by atoms with Crippen molar-refractivity contribution in [2.24, 2.45) is 0 Å². The summed E-state index contributed by atoms with van der Waals surface area (Å²) < 4.78 is 60.2. The largest absolute Gasteiger partial charge is 0.497 e. The highest BCUT2D eigenvalue weighted by atomic mass is 19.4. The SMILES string of the molecule is CCOC(=O)C(NC(=O)C(F)(F)F)/C(=C\F)c1cccc(OC)c1. The molecule has 0 fully saturated rings. The molecule has 1 atom stereocenters. The maximum Gasteiger partial charge on any atom is 0.471 e. The first-order chi connectivity index (χ1) is 11.2. The molecule has 1 aromatic rings. The molecule has 132 valence electrons. The van der Waals surface area contributed by atoms with Crippen molar-refractivity contribution in [3.63, 3.8) is 0 Å². The van der Waals surface area contributed by atoms with Gasteiger partial charge in [-0.3, -0.25) is 4.79 Å². The van der Waals surface area contributed by atoms with Crippen molar-refractivity contribution in [3.05, 3.63) is 36.2 Å². The number of carbonyl (C=O) groups is 2. The van der Waals surface area contributed by atoms with Gasteiger partial charge in [0.05, 0.1) is 20.0 Å². The van der Waals surface area contributed by atoms with Gasteiger partial charge in [-0.15, -0.1) is 0 Å². The topological polar surface area (TPSA) is 64.6 Å². The van der Waals surface area contributed by atoms with Crippen molar-refractivity contribution in [2.75, 3.05) is 13.7 Å². The van der Waals surface area contributed by atoms with Crippen LogP contribution in [0.25, 0.3) is 5.57 Å². The molecule has 1 aromatic carbocycles. The molecule has 0 radical (unpaired) electrons. The number of carbonyl (C=O) groups excluding carboxylic acids is 2. The van der Waals surface area contributed by atoms with E-state index in [1.165, 1.54) is 43.6 Å². The summed E-state index contributed by atoms with van der Waals surface area (Å²) in [5.41, 5.74) is -0.442. The smallest absolute Gasteiger partial charge is 0.471 e. The second-order valence-electron chi connectivity index (χ2n) is 4.45. The molecule has 0 aliphatic rings. The van der Waals surface area contributed by atoms with Crippen LogP contribution in [0.2, 0.25) is 0 Å². The van der Waals surface area contributed by atoms with Gasteiger partial charge < -0.3 is 14.8 Å². The van der Waals surface area contributed by atoms with Crippen molar-refractivity contribution in [1.29, 1.82) is 0 Å². The standard InChI is InChI=1S/C15H15F4NO4/c1-3-24-13(21)12(20-14(22)15(17,18)19)11(8-16)9-5-4-6-10(7-9)23-2/h4-8,12H,3H2,1-2H3,(H,20,22)/b11-8-. The summed E-state index contributed by atoms with van der Waals surface area (Å²) in [7, 11) is 1.34. The average molecular weight is 349 g/mol. The Balaban J connectivity index is 3.23. The van der Waals surface area contributed by atoms with Gasteiger partial charge in [0.2, 0.25) is 0 Å². The number of hydrogen-bond acceptors (Lipinski definition) is 4. The molecule has 0 aliphatic heterocycles. The lowest BCUT2D eigenvalue weighted by Crippen LogP contribution is -2.48. The van der Waals surface area contributed by atoms with E-state index in [1.54, 1.807) is 0 Å². The van der Waals surface area contributed by atoms with E-state index >= 15 is 0 Å². The Bertz CT molecular complexity index is 628. The van der Waals surface area contributed by atoms with Gasteiger partial charge in [-0.25, -0.2) is 9.18 Å². The second kappa shape index (κ2) is 8.32. The van der Waals surface area contributed by atoms with Gasteiger partial charge >= 0.3 is 18.1 Å². The zero-order chi connectivity index (χ0) is 18.3. The van der Waals surface area contributed by atoms with Crippen LogP contribution >= 0.6 is 0 Å². The Morgan fingerprint density at radius 1 is 1.33 bits per heavy atom. The van der Waals surface area contributed by atoms with Crippen LogP contribution in [0.4, 0.5) is 17.6 Å². The molecule has 0 aliphatic carbocycles. The second-order valence-corrected chi connectivity index (χ2v) is 4.45. The fourth-order valence-electron chi connectivity index (χ4n) is 1.80. The Kier molecular flexibility index (Phi) is 6.75. The molecular formula is C15H15F4NO4. The summed E-state index contributed by atoms with van der Waals surface area (Å²) in [5.74, 6) is -3.32. The number of ether oxygens (including phenoxy) is 2. The molecule has 24 heavy (non-hydrogen) atoms. The van der Waals surface area contributed by atoms with Gasteiger partial charge in [-0.2, -0.15) is 13.2 Å². The van der Waals surface area contributed by atoms with Crippen molar-refractivity contribution < 1.29 is 36.6 Å². The predicted octanol–water partition coefficient (Wildman–Crippen LogP) is 2.62. The van der Waals surface area contributed by atoms with Gasteiger partial charge in [-0.1, -0.05) is 12.1 Å². The van der Waals surface area contributed by atoms with Crippen LogP contribution in [0.1, 0.15) is 12.5 Å². The maximum absolute atomic E-state index is 13.3. The number of hydrogen-bond donors (Lipinski definition) is 1. The molecule has 1 rings (SSSR count). The van der Waals surface area contributed by atoms with Crippen LogP contribution in [-0.2, 0) is 14.3 Å². The fraction of sp³-hybridized carbons (Fsp3) is 0.333. The molecule has 0 aromatic heterocycles. The van der Waals surface area contributed by atoms with Crippen LogP contribution in [0.15, 0.2) is 30.6 Å². The number of amides is 1. The third-order valence-corrected chi connectivity index (χ3v) is 2.89. The molecular weight excluding hydrogens is 334 g/mol. The molecule has 0 saturated carbocycles. The van der Waals surface area contributed by atoms with Crippen molar-refractivity contribution in [3.8, 4) is 5.75 Å². The Morgan fingerprint density at radius 2 is 2.00 bits per heavy atom. The predicted molar refractivity (Wildman–Crippen MR) is 76.7 cm³/mol. The number of methoxy groups -OCH3 is 1. The van der Waals surface area contributed by atoms with E-state index in [1.807, 2.05) is 0 Å². The van der Waals surface area contributed by atoms with Gasteiger partial charge in [0, 0.05) is 5.57 Å². The highest BCUT2D eigenvalue weighted by Gasteiger charge is 2.42. The van der Waals surface area contributed by atoms with E-state index in [4.69, 9.17) is 4.74 Å². The van der Waals surface area contributed by atoms with E-state index in [0.717, 1.165) is 0 Å². The summed E-state index contributed by atoms with van der Waals surface area (Å²) >= 11 is 0. The van der Waals surface area contributed by atoms with Crippen LogP contribution in [0, 0.1) is 0 Å². The third kappa shape index (κ3) is 4.97. The average Bonchev–Trinajstić information content (AvgIpc) is 2.54. The Hall–Kier alpha value is -2.58.